The average Bonchev–Trinajstić information content (AvgIpc) is 2.78. The lowest BCUT2D eigenvalue weighted by Gasteiger charge is -2.14. The average molecular weight is 313 g/mol. The van der Waals surface area contributed by atoms with Gasteiger partial charge in [0.1, 0.15) is 0 Å². The first-order valence-electron chi connectivity index (χ1n) is 5.60. The van der Waals surface area contributed by atoms with Crippen molar-refractivity contribution in [2.75, 3.05) is 18.4 Å². The van der Waals surface area contributed by atoms with E-state index in [1.54, 1.807) is 24.3 Å². The van der Waals surface area contributed by atoms with Crippen LogP contribution in [-0.2, 0) is 9.59 Å². The summed E-state index contributed by atoms with van der Waals surface area (Å²) in [5.74, 6) is -1.28. The van der Waals surface area contributed by atoms with Crippen LogP contribution in [0.15, 0.2) is 28.7 Å². The van der Waals surface area contributed by atoms with Gasteiger partial charge < -0.3 is 15.3 Å². The number of likely N-dealkylation sites (tertiary alicyclic amines) is 1. The fraction of sp³-hybridized carbons (Fsp3) is 0.333. The minimum absolute atomic E-state index is 0.229. The summed E-state index contributed by atoms with van der Waals surface area (Å²) in [6, 6.07) is 6.96. The van der Waals surface area contributed by atoms with Gasteiger partial charge in [-0.25, -0.2) is 0 Å². The number of β-amino-alcohol motifs (C(OH)–C–C–N with tert-alkyl or cyclic N) is 1. The predicted octanol–water partition coefficient (Wildman–Crippen LogP) is 0.981. The summed E-state index contributed by atoms with van der Waals surface area (Å²) in [6.07, 6.45) is 0.00606. The van der Waals surface area contributed by atoms with E-state index < -0.39 is 17.9 Å². The molecule has 1 fully saturated rings. The summed E-state index contributed by atoms with van der Waals surface area (Å²) in [6.45, 7) is 0.653. The number of aliphatic hydroxyl groups excluding tert-OH is 1. The highest BCUT2D eigenvalue weighted by molar-refractivity contribution is 9.10. The summed E-state index contributed by atoms with van der Waals surface area (Å²) < 4.78 is 0.898. The van der Waals surface area contributed by atoms with Crippen molar-refractivity contribution >= 4 is 33.4 Å². The van der Waals surface area contributed by atoms with Crippen LogP contribution < -0.4 is 5.32 Å². The van der Waals surface area contributed by atoms with Crippen LogP contribution in [0.4, 0.5) is 5.69 Å². The van der Waals surface area contributed by atoms with E-state index in [4.69, 9.17) is 0 Å². The summed E-state index contributed by atoms with van der Waals surface area (Å²) in [5.41, 5.74) is 0.566. The van der Waals surface area contributed by atoms with Crippen molar-refractivity contribution in [1.82, 2.24) is 4.90 Å². The second-order valence-corrected chi connectivity index (χ2v) is 5.07. The fourth-order valence-corrected chi connectivity index (χ4v) is 2.05. The lowest BCUT2D eigenvalue weighted by molar-refractivity contribution is -0.142. The van der Waals surface area contributed by atoms with Gasteiger partial charge in [0.05, 0.1) is 6.10 Å². The highest BCUT2D eigenvalue weighted by atomic mass is 79.9. The molecule has 1 aliphatic rings. The molecular formula is C12H13BrN2O3. The highest BCUT2D eigenvalue weighted by Gasteiger charge is 2.28. The molecule has 0 spiro atoms. The van der Waals surface area contributed by atoms with Crippen molar-refractivity contribution in [3.63, 3.8) is 0 Å². The Morgan fingerprint density at radius 1 is 1.33 bits per heavy atom. The second kappa shape index (κ2) is 5.49. The second-order valence-electron chi connectivity index (χ2n) is 4.15. The Morgan fingerprint density at radius 3 is 2.56 bits per heavy atom. The van der Waals surface area contributed by atoms with E-state index in [2.05, 4.69) is 21.2 Å². The number of nitrogens with zero attached hydrogens (tertiary/aromatic N) is 1. The molecule has 1 heterocycles. The molecule has 0 aromatic heterocycles. The first kappa shape index (κ1) is 13.0. The van der Waals surface area contributed by atoms with Gasteiger partial charge in [-0.15, -0.1) is 0 Å². The normalized spacial score (nSPS) is 18.8. The van der Waals surface area contributed by atoms with E-state index >= 15 is 0 Å². The SMILES string of the molecule is O=C(Nc1ccc(Br)cc1)C(=O)N1CC[C@@H](O)C1. The first-order chi connectivity index (χ1) is 8.56. The zero-order valence-electron chi connectivity index (χ0n) is 9.60. The van der Waals surface area contributed by atoms with Gasteiger partial charge in [-0.1, -0.05) is 15.9 Å². The van der Waals surface area contributed by atoms with Gasteiger partial charge in [0.2, 0.25) is 0 Å². The lowest BCUT2D eigenvalue weighted by atomic mass is 10.3. The smallest absolute Gasteiger partial charge is 0.313 e. The van der Waals surface area contributed by atoms with Crippen LogP contribution in [0.2, 0.25) is 0 Å². The zero-order valence-corrected chi connectivity index (χ0v) is 11.2. The molecule has 1 aromatic rings. The minimum Gasteiger partial charge on any atom is -0.391 e. The van der Waals surface area contributed by atoms with Crippen LogP contribution in [0, 0.1) is 0 Å². The Kier molecular flexibility index (Phi) is 3.98. The molecule has 0 saturated carbocycles. The molecular weight excluding hydrogens is 300 g/mol. The Morgan fingerprint density at radius 2 is 2.00 bits per heavy atom. The summed E-state index contributed by atoms with van der Waals surface area (Å²) >= 11 is 3.29. The number of amides is 2. The number of carbonyl (C=O) groups excluding carboxylic acids is 2. The van der Waals surface area contributed by atoms with Crippen molar-refractivity contribution in [2.24, 2.45) is 0 Å². The lowest BCUT2D eigenvalue weighted by Crippen LogP contribution is -2.38. The van der Waals surface area contributed by atoms with Gasteiger partial charge in [0.15, 0.2) is 0 Å². The molecule has 0 unspecified atom stereocenters. The van der Waals surface area contributed by atoms with E-state index in [0.717, 1.165) is 4.47 Å². The largest absolute Gasteiger partial charge is 0.391 e. The van der Waals surface area contributed by atoms with E-state index in [0.29, 0.717) is 18.7 Å². The van der Waals surface area contributed by atoms with Crippen molar-refractivity contribution in [3.05, 3.63) is 28.7 Å². The molecule has 96 valence electrons. The summed E-state index contributed by atoms with van der Waals surface area (Å²) in [5, 5.41) is 11.8. The predicted molar refractivity (Wildman–Crippen MR) is 70.0 cm³/mol. The maximum absolute atomic E-state index is 11.8. The molecule has 1 atom stereocenters. The number of benzene rings is 1. The van der Waals surface area contributed by atoms with Crippen LogP contribution in [-0.4, -0.2) is 41.0 Å². The summed E-state index contributed by atoms with van der Waals surface area (Å²) in [4.78, 5) is 24.8. The van der Waals surface area contributed by atoms with Crippen molar-refractivity contribution in [3.8, 4) is 0 Å². The zero-order chi connectivity index (χ0) is 13.1. The van der Waals surface area contributed by atoms with Gasteiger partial charge in [-0.05, 0) is 30.7 Å². The Labute approximate surface area is 113 Å². The number of carbonyl (C=O) groups is 2. The minimum atomic E-state index is -0.675. The third-order valence-electron chi connectivity index (χ3n) is 2.75. The number of anilines is 1. The molecule has 6 heteroatoms. The Bertz CT molecular complexity index is 461. The van der Waals surface area contributed by atoms with E-state index in [-0.39, 0.29) is 6.54 Å². The number of hydrogen-bond donors (Lipinski definition) is 2. The van der Waals surface area contributed by atoms with E-state index in [9.17, 15) is 14.7 Å². The van der Waals surface area contributed by atoms with Crippen LogP contribution in [0.1, 0.15) is 6.42 Å². The third-order valence-corrected chi connectivity index (χ3v) is 3.28. The van der Waals surface area contributed by atoms with Gasteiger partial charge in [-0.3, -0.25) is 9.59 Å². The van der Waals surface area contributed by atoms with Crippen LogP contribution in [0.5, 0.6) is 0 Å². The van der Waals surface area contributed by atoms with Gasteiger partial charge in [0, 0.05) is 23.2 Å². The fourth-order valence-electron chi connectivity index (χ4n) is 1.79. The standard InChI is InChI=1S/C12H13BrN2O3/c13-8-1-3-9(4-2-8)14-11(17)12(18)15-6-5-10(16)7-15/h1-4,10,16H,5-7H2,(H,14,17)/t10-/m1/s1. The van der Waals surface area contributed by atoms with Crippen LogP contribution >= 0.6 is 15.9 Å². The Balaban J connectivity index is 1.95. The van der Waals surface area contributed by atoms with Gasteiger partial charge in [0.25, 0.3) is 0 Å². The van der Waals surface area contributed by atoms with Crippen molar-refractivity contribution < 1.29 is 14.7 Å². The number of hydrogen-bond acceptors (Lipinski definition) is 3. The molecule has 2 rings (SSSR count). The Hall–Kier alpha value is -1.40. The van der Waals surface area contributed by atoms with Gasteiger partial charge >= 0.3 is 11.8 Å². The maximum Gasteiger partial charge on any atom is 0.313 e. The quantitative estimate of drug-likeness (QED) is 0.760. The number of rotatable bonds is 1. The molecule has 1 aliphatic heterocycles. The van der Waals surface area contributed by atoms with Gasteiger partial charge in [-0.2, -0.15) is 0 Å². The van der Waals surface area contributed by atoms with Crippen LogP contribution in [0.3, 0.4) is 0 Å². The molecule has 0 bridgehead atoms. The molecule has 18 heavy (non-hydrogen) atoms. The molecule has 2 N–H and O–H groups in total. The number of aliphatic hydroxyl groups is 1. The van der Waals surface area contributed by atoms with E-state index in [1.165, 1.54) is 4.90 Å². The number of halogens is 1. The molecule has 2 amide bonds. The molecule has 0 aliphatic carbocycles. The van der Waals surface area contributed by atoms with Crippen LogP contribution in [0.25, 0.3) is 0 Å². The topological polar surface area (TPSA) is 69.6 Å². The van der Waals surface area contributed by atoms with Crippen molar-refractivity contribution in [1.29, 1.82) is 0 Å². The summed E-state index contributed by atoms with van der Waals surface area (Å²) in [7, 11) is 0. The highest BCUT2D eigenvalue weighted by Crippen LogP contribution is 2.15. The maximum atomic E-state index is 11.8. The number of nitrogens with one attached hydrogen (secondary N) is 1. The third kappa shape index (κ3) is 3.08. The molecule has 0 radical (unpaired) electrons. The van der Waals surface area contributed by atoms with E-state index in [1.807, 2.05) is 0 Å². The molecule has 1 aromatic carbocycles. The molecule has 1 saturated heterocycles. The monoisotopic (exact) mass is 312 g/mol. The first-order valence-corrected chi connectivity index (χ1v) is 6.39. The molecule has 5 nitrogen and oxygen atoms in total. The van der Waals surface area contributed by atoms with Crippen molar-refractivity contribution in [2.45, 2.75) is 12.5 Å².